The Labute approximate surface area is 136 Å². The van der Waals surface area contributed by atoms with Gasteiger partial charge in [-0.1, -0.05) is 6.07 Å². The lowest BCUT2D eigenvalue weighted by atomic mass is 9.92. The fourth-order valence-corrected chi connectivity index (χ4v) is 2.78. The average Bonchev–Trinajstić information content (AvgIpc) is 3.10. The number of ether oxygens (including phenoxy) is 1. The Morgan fingerprint density at radius 1 is 1.13 bits per heavy atom. The third-order valence-electron chi connectivity index (χ3n) is 3.98. The Morgan fingerprint density at radius 3 is 2.83 bits per heavy atom. The van der Waals surface area contributed by atoms with Crippen LogP contribution in [-0.2, 0) is 19.4 Å². The van der Waals surface area contributed by atoms with Gasteiger partial charge in [0.05, 0.1) is 19.4 Å². The van der Waals surface area contributed by atoms with Crippen LogP contribution in [0.4, 0.5) is 4.79 Å². The zero-order valence-electron chi connectivity index (χ0n) is 13.1. The van der Waals surface area contributed by atoms with Gasteiger partial charge in [0.25, 0.3) is 0 Å². The average molecular weight is 314 g/mol. The molecule has 0 fully saturated rings. The van der Waals surface area contributed by atoms with Crippen molar-refractivity contribution < 1.29 is 13.9 Å². The Morgan fingerprint density at radius 2 is 2.00 bits per heavy atom. The highest BCUT2D eigenvalue weighted by atomic mass is 16.5. The summed E-state index contributed by atoms with van der Waals surface area (Å²) in [6.07, 6.45) is 6.44. The third-order valence-corrected chi connectivity index (χ3v) is 3.98. The molecule has 1 aliphatic carbocycles. The number of urea groups is 1. The van der Waals surface area contributed by atoms with E-state index in [4.69, 9.17) is 9.15 Å². The number of hydrogen-bond acceptors (Lipinski definition) is 3. The predicted molar refractivity (Wildman–Crippen MR) is 87.5 cm³/mol. The molecule has 0 radical (unpaired) electrons. The van der Waals surface area contributed by atoms with E-state index in [0.717, 1.165) is 17.9 Å². The molecule has 1 heterocycles. The molecule has 1 aliphatic rings. The minimum atomic E-state index is -0.226. The van der Waals surface area contributed by atoms with E-state index >= 15 is 0 Å². The number of carbonyl (C=O) groups excluding carboxylic acids is 1. The Balaban J connectivity index is 1.35. The first-order chi connectivity index (χ1) is 11.3. The van der Waals surface area contributed by atoms with E-state index in [1.807, 2.05) is 12.1 Å². The zero-order chi connectivity index (χ0) is 15.9. The predicted octanol–water partition coefficient (Wildman–Crippen LogP) is 3.04. The van der Waals surface area contributed by atoms with Gasteiger partial charge in [0.15, 0.2) is 0 Å². The van der Waals surface area contributed by atoms with Crippen molar-refractivity contribution in [3.05, 3.63) is 53.5 Å². The molecule has 2 aromatic rings. The maximum Gasteiger partial charge on any atom is 0.315 e. The number of aryl methyl sites for hydroxylation is 2. The standard InChI is InChI=1S/C18H22N2O3/c21-18(20-13-17-6-3-10-22-17)19-9-11-23-16-8-7-14-4-1-2-5-15(14)12-16/h3,6-8,10,12H,1-2,4-5,9,11,13H2,(H2,19,20,21). The molecule has 0 saturated heterocycles. The molecule has 1 aromatic carbocycles. The first-order valence-corrected chi connectivity index (χ1v) is 8.10. The largest absolute Gasteiger partial charge is 0.492 e. The van der Waals surface area contributed by atoms with Crippen molar-refractivity contribution in [2.75, 3.05) is 13.2 Å². The molecular weight excluding hydrogens is 292 g/mol. The summed E-state index contributed by atoms with van der Waals surface area (Å²) < 4.78 is 10.9. The number of carbonyl (C=O) groups is 1. The second-order valence-electron chi connectivity index (χ2n) is 5.67. The second kappa shape index (κ2) is 7.72. The van der Waals surface area contributed by atoms with Crippen LogP contribution in [0.3, 0.4) is 0 Å². The summed E-state index contributed by atoms with van der Waals surface area (Å²) in [6.45, 7) is 1.29. The minimum absolute atomic E-state index is 0.226. The number of benzene rings is 1. The van der Waals surface area contributed by atoms with Crippen molar-refractivity contribution in [2.24, 2.45) is 0 Å². The highest BCUT2D eigenvalue weighted by Gasteiger charge is 2.09. The van der Waals surface area contributed by atoms with Crippen molar-refractivity contribution in [1.82, 2.24) is 10.6 Å². The molecule has 0 unspecified atom stereocenters. The Hall–Kier alpha value is -2.43. The van der Waals surface area contributed by atoms with Gasteiger partial charge < -0.3 is 19.8 Å². The van der Waals surface area contributed by atoms with Gasteiger partial charge in [-0.05, 0) is 61.1 Å². The fraction of sp³-hybridized carbons (Fsp3) is 0.389. The number of amides is 2. The van der Waals surface area contributed by atoms with Crippen LogP contribution < -0.4 is 15.4 Å². The van der Waals surface area contributed by atoms with Gasteiger partial charge in [0.1, 0.15) is 18.1 Å². The van der Waals surface area contributed by atoms with Crippen molar-refractivity contribution in [3.63, 3.8) is 0 Å². The second-order valence-corrected chi connectivity index (χ2v) is 5.67. The topological polar surface area (TPSA) is 63.5 Å². The summed E-state index contributed by atoms with van der Waals surface area (Å²) >= 11 is 0. The quantitative estimate of drug-likeness (QED) is 0.806. The van der Waals surface area contributed by atoms with Crippen LogP contribution in [0.15, 0.2) is 41.0 Å². The van der Waals surface area contributed by atoms with E-state index in [2.05, 4.69) is 22.8 Å². The van der Waals surface area contributed by atoms with Crippen LogP contribution in [-0.4, -0.2) is 19.2 Å². The SMILES string of the molecule is O=C(NCCOc1ccc2c(c1)CCCC2)NCc1ccco1. The fourth-order valence-electron chi connectivity index (χ4n) is 2.78. The van der Waals surface area contributed by atoms with Crippen LogP contribution in [0.1, 0.15) is 29.7 Å². The van der Waals surface area contributed by atoms with E-state index in [0.29, 0.717) is 19.7 Å². The van der Waals surface area contributed by atoms with Crippen LogP contribution in [0.25, 0.3) is 0 Å². The van der Waals surface area contributed by atoms with E-state index in [1.165, 1.54) is 30.4 Å². The van der Waals surface area contributed by atoms with Crippen LogP contribution in [0.5, 0.6) is 5.75 Å². The zero-order valence-corrected chi connectivity index (χ0v) is 13.1. The van der Waals surface area contributed by atoms with Gasteiger partial charge in [0, 0.05) is 0 Å². The number of hydrogen-bond donors (Lipinski definition) is 2. The smallest absolute Gasteiger partial charge is 0.315 e. The van der Waals surface area contributed by atoms with Crippen molar-refractivity contribution in [2.45, 2.75) is 32.2 Å². The summed E-state index contributed by atoms with van der Waals surface area (Å²) in [4.78, 5) is 11.6. The lowest BCUT2D eigenvalue weighted by molar-refractivity contribution is 0.235. The van der Waals surface area contributed by atoms with Gasteiger partial charge >= 0.3 is 6.03 Å². The molecule has 0 saturated carbocycles. The molecule has 0 spiro atoms. The van der Waals surface area contributed by atoms with Crippen LogP contribution in [0, 0.1) is 0 Å². The summed E-state index contributed by atoms with van der Waals surface area (Å²) in [7, 11) is 0. The number of rotatable bonds is 6. The van der Waals surface area contributed by atoms with E-state index in [9.17, 15) is 4.79 Å². The van der Waals surface area contributed by atoms with Crippen LogP contribution >= 0.6 is 0 Å². The van der Waals surface area contributed by atoms with Crippen molar-refractivity contribution >= 4 is 6.03 Å². The number of furan rings is 1. The summed E-state index contributed by atoms with van der Waals surface area (Å²) in [5.74, 6) is 1.61. The van der Waals surface area contributed by atoms with Crippen molar-refractivity contribution in [3.8, 4) is 5.75 Å². The first-order valence-electron chi connectivity index (χ1n) is 8.10. The highest BCUT2D eigenvalue weighted by Crippen LogP contribution is 2.25. The molecule has 1 aromatic heterocycles. The maximum atomic E-state index is 11.6. The molecule has 2 amide bonds. The monoisotopic (exact) mass is 314 g/mol. The molecule has 122 valence electrons. The lowest BCUT2D eigenvalue weighted by Gasteiger charge is -2.17. The van der Waals surface area contributed by atoms with Crippen molar-refractivity contribution in [1.29, 1.82) is 0 Å². The molecular formula is C18H22N2O3. The molecule has 5 heteroatoms. The van der Waals surface area contributed by atoms with Gasteiger partial charge in [-0.3, -0.25) is 0 Å². The molecule has 5 nitrogen and oxygen atoms in total. The molecule has 23 heavy (non-hydrogen) atoms. The molecule has 0 bridgehead atoms. The summed E-state index contributed by atoms with van der Waals surface area (Å²) in [5.41, 5.74) is 2.84. The van der Waals surface area contributed by atoms with Gasteiger partial charge in [-0.15, -0.1) is 0 Å². The van der Waals surface area contributed by atoms with E-state index in [1.54, 1.807) is 12.3 Å². The molecule has 0 aliphatic heterocycles. The summed E-state index contributed by atoms with van der Waals surface area (Å²) in [5, 5.41) is 5.49. The van der Waals surface area contributed by atoms with Crippen LogP contribution in [0.2, 0.25) is 0 Å². The third kappa shape index (κ3) is 4.52. The van der Waals surface area contributed by atoms with E-state index in [-0.39, 0.29) is 6.03 Å². The first kappa shape index (κ1) is 15.5. The summed E-state index contributed by atoms with van der Waals surface area (Å²) in [6, 6.07) is 9.69. The number of fused-ring (bicyclic) bond motifs is 1. The molecule has 0 atom stereocenters. The Bertz CT molecular complexity index is 638. The highest BCUT2D eigenvalue weighted by molar-refractivity contribution is 5.73. The Kier molecular flexibility index (Phi) is 5.19. The molecule has 3 rings (SSSR count). The number of nitrogens with one attached hydrogen (secondary N) is 2. The lowest BCUT2D eigenvalue weighted by Crippen LogP contribution is -2.37. The van der Waals surface area contributed by atoms with Gasteiger partial charge in [0.2, 0.25) is 0 Å². The minimum Gasteiger partial charge on any atom is -0.492 e. The van der Waals surface area contributed by atoms with Gasteiger partial charge in [-0.2, -0.15) is 0 Å². The van der Waals surface area contributed by atoms with Gasteiger partial charge in [-0.25, -0.2) is 4.79 Å². The molecule has 2 N–H and O–H groups in total. The van der Waals surface area contributed by atoms with E-state index < -0.39 is 0 Å². The maximum absolute atomic E-state index is 11.6. The normalized spacial score (nSPS) is 13.2.